The summed E-state index contributed by atoms with van der Waals surface area (Å²) in [5.41, 5.74) is 4.17. The van der Waals surface area contributed by atoms with Crippen molar-refractivity contribution in [2.45, 2.75) is 20.4 Å². The molecular formula is C25H28N2O5S. The number of carbonyl (C=O) groups excluding carboxylic acids is 1. The fourth-order valence-electron chi connectivity index (χ4n) is 3.40. The van der Waals surface area contributed by atoms with Crippen LogP contribution in [0.3, 0.4) is 0 Å². The Morgan fingerprint density at radius 1 is 0.939 bits per heavy atom. The summed E-state index contributed by atoms with van der Waals surface area (Å²) in [6.07, 6.45) is 1.19. The lowest BCUT2D eigenvalue weighted by atomic mass is 10.1. The van der Waals surface area contributed by atoms with Gasteiger partial charge in [-0.15, -0.1) is 0 Å². The second-order valence-corrected chi connectivity index (χ2v) is 9.68. The quantitative estimate of drug-likeness (QED) is 0.525. The molecular weight excluding hydrogens is 440 g/mol. The molecule has 7 nitrogen and oxygen atoms in total. The van der Waals surface area contributed by atoms with Crippen LogP contribution in [0.15, 0.2) is 60.7 Å². The van der Waals surface area contributed by atoms with E-state index in [1.54, 1.807) is 49.6 Å². The number of hydrogen-bond donors (Lipinski definition) is 1. The zero-order valence-electron chi connectivity index (χ0n) is 19.4. The first-order chi connectivity index (χ1) is 15.6. The normalized spacial score (nSPS) is 11.1. The number of aryl methyl sites for hydroxylation is 2. The van der Waals surface area contributed by atoms with Crippen LogP contribution in [-0.2, 0) is 16.6 Å². The maximum atomic E-state index is 12.8. The van der Waals surface area contributed by atoms with Crippen LogP contribution in [0.1, 0.15) is 27.0 Å². The summed E-state index contributed by atoms with van der Waals surface area (Å²) in [6, 6.07) is 17.7. The Kier molecular flexibility index (Phi) is 7.28. The van der Waals surface area contributed by atoms with Crippen molar-refractivity contribution in [1.82, 2.24) is 0 Å². The molecule has 8 heteroatoms. The predicted octanol–water partition coefficient (Wildman–Crippen LogP) is 4.54. The van der Waals surface area contributed by atoms with E-state index in [0.29, 0.717) is 28.4 Å². The molecule has 33 heavy (non-hydrogen) atoms. The Bertz CT molecular complexity index is 1250. The standard InChI is InChI=1S/C25H28N2O5S/c1-17-6-7-18(2)23(14-17)27(33(5,29)30)16-19-8-10-20(11-9-19)25(28)26-22-15-21(31-3)12-13-24(22)32-4/h6-15H,16H2,1-5H3,(H,26,28). The summed E-state index contributed by atoms with van der Waals surface area (Å²) in [4.78, 5) is 12.8. The average molecular weight is 469 g/mol. The molecule has 1 amide bonds. The zero-order chi connectivity index (χ0) is 24.2. The molecule has 0 saturated heterocycles. The van der Waals surface area contributed by atoms with E-state index in [1.165, 1.54) is 17.7 Å². The summed E-state index contributed by atoms with van der Waals surface area (Å²) in [6.45, 7) is 3.97. The third-order valence-electron chi connectivity index (χ3n) is 5.23. The van der Waals surface area contributed by atoms with E-state index in [-0.39, 0.29) is 12.5 Å². The zero-order valence-corrected chi connectivity index (χ0v) is 20.2. The van der Waals surface area contributed by atoms with Crippen molar-refractivity contribution in [3.63, 3.8) is 0 Å². The van der Waals surface area contributed by atoms with Crippen molar-refractivity contribution in [3.8, 4) is 11.5 Å². The Labute approximate surface area is 195 Å². The second-order valence-electron chi connectivity index (χ2n) is 7.78. The summed E-state index contributed by atoms with van der Waals surface area (Å²) in [5, 5.41) is 2.83. The summed E-state index contributed by atoms with van der Waals surface area (Å²) >= 11 is 0. The largest absolute Gasteiger partial charge is 0.497 e. The number of benzene rings is 3. The summed E-state index contributed by atoms with van der Waals surface area (Å²) in [5.74, 6) is 0.787. The molecule has 0 aliphatic heterocycles. The van der Waals surface area contributed by atoms with Crippen LogP contribution in [0.4, 0.5) is 11.4 Å². The molecule has 0 aliphatic rings. The molecule has 3 aromatic rings. The van der Waals surface area contributed by atoms with Crippen molar-refractivity contribution in [2.24, 2.45) is 0 Å². The van der Waals surface area contributed by atoms with Crippen LogP contribution < -0.4 is 19.1 Å². The number of sulfonamides is 1. The van der Waals surface area contributed by atoms with Crippen molar-refractivity contribution >= 4 is 27.3 Å². The van der Waals surface area contributed by atoms with Gasteiger partial charge in [0.15, 0.2) is 0 Å². The average Bonchev–Trinajstić information content (AvgIpc) is 2.78. The van der Waals surface area contributed by atoms with Crippen molar-refractivity contribution in [3.05, 3.63) is 82.9 Å². The first-order valence-electron chi connectivity index (χ1n) is 10.3. The molecule has 3 aromatic carbocycles. The summed E-state index contributed by atoms with van der Waals surface area (Å²) < 4.78 is 37.0. The van der Waals surface area contributed by atoms with Gasteiger partial charge < -0.3 is 14.8 Å². The van der Waals surface area contributed by atoms with Crippen molar-refractivity contribution in [1.29, 1.82) is 0 Å². The predicted molar refractivity (Wildman–Crippen MR) is 131 cm³/mol. The molecule has 0 aromatic heterocycles. The molecule has 0 radical (unpaired) electrons. The lowest BCUT2D eigenvalue weighted by Crippen LogP contribution is -2.30. The molecule has 0 bridgehead atoms. The fraction of sp³-hybridized carbons (Fsp3) is 0.240. The van der Waals surface area contributed by atoms with Crippen LogP contribution in [0.25, 0.3) is 0 Å². The van der Waals surface area contributed by atoms with Crippen molar-refractivity contribution < 1.29 is 22.7 Å². The van der Waals surface area contributed by atoms with E-state index < -0.39 is 10.0 Å². The summed E-state index contributed by atoms with van der Waals surface area (Å²) in [7, 11) is -0.439. The van der Waals surface area contributed by atoms with Gasteiger partial charge in [-0.1, -0.05) is 24.3 Å². The third kappa shape index (κ3) is 5.84. The Morgan fingerprint density at radius 2 is 1.64 bits per heavy atom. The molecule has 0 aliphatic carbocycles. The number of nitrogens with one attached hydrogen (secondary N) is 1. The molecule has 0 heterocycles. The van der Waals surface area contributed by atoms with Crippen LogP contribution >= 0.6 is 0 Å². The second kappa shape index (κ2) is 9.95. The Hall–Kier alpha value is -3.52. The van der Waals surface area contributed by atoms with Crippen LogP contribution in [0.5, 0.6) is 11.5 Å². The van der Waals surface area contributed by atoms with Crippen LogP contribution in [0, 0.1) is 13.8 Å². The molecule has 174 valence electrons. The van der Waals surface area contributed by atoms with Gasteiger partial charge in [0.05, 0.1) is 38.4 Å². The molecule has 0 saturated carbocycles. The minimum Gasteiger partial charge on any atom is -0.497 e. The highest BCUT2D eigenvalue weighted by Gasteiger charge is 2.20. The smallest absolute Gasteiger partial charge is 0.255 e. The van der Waals surface area contributed by atoms with Crippen molar-refractivity contribution in [2.75, 3.05) is 30.1 Å². The van der Waals surface area contributed by atoms with Gasteiger partial charge in [-0.25, -0.2) is 8.42 Å². The first kappa shape index (κ1) is 24.1. The minimum absolute atomic E-state index is 0.161. The lowest BCUT2D eigenvalue weighted by molar-refractivity contribution is 0.102. The maximum Gasteiger partial charge on any atom is 0.255 e. The van der Waals surface area contributed by atoms with Crippen LogP contribution in [0.2, 0.25) is 0 Å². The molecule has 0 unspecified atom stereocenters. The highest BCUT2D eigenvalue weighted by Crippen LogP contribution is 2.30. The third-order valence-corrected chi connectivity index (χ3v) is 6.36. The SMILES string of the molecule is COc1ccc(OC)c(NC(=O)c2ccc(CN(c3cc(C)ccc3C)S(C)(=O)=O)cc2)c1. The first-order valence-corrected chi connectivity index (χ1v) is 12.1. The number of anilines is 2. The van der Waals surface area contributed by atoms with Gasteiger partial charge in [0.25, 0.3) is 5.91 Å². The molecule has 0 fully saturated rings. The molecule has 1 N–H and O–H groups in total. The van der Waals surface area contributed by atoms with Gasteiger partial charge in [-0.05, 0) is 60.9 Å². The highest BCUT2D eigenvalue weighted by molar-refractivity contribution is 7.92. The maximum absolute atomic E-state index is 12.8. The van der Waals surface area contributed by atoms with Gasteiger partial charge in [0.2, 0.25) is 10.0 Å². The number of ether oxygens (including phenoxy) is 2. The lowest BCUT2D eigenvalue weighted by Gasteiger charge is -2.25. The Morgan fingerprint density at radius 3 is 2.24 bits per heavy atom. The molecule has 3 rings (SSSR count). The Balaban J connectivity index is 1.82. The monoisotopic (exact) mass is 468 g/mol. The van der Waals surface area contributed by atoms with Gasteiger partial charge in [-0.3, -0.25) is 9.10 Å². The number of amides is 1. The molecule has 0 spiro atoms. The van der Waals surface area contributed by atoms with E-state index >= 15 is 0 Å². The number of carbonyl (C=O) groups is 1. The van der Waals surface area contributed by atoms with Gasteiger partial charge in [0, 0.05) is 11.6 Å². The number of methoxy groups -OCH3 is 2. The molecule has 0 atom stereocenters. The highest BCUT2D eigenvalue weighted by atomic mass is 32.2. The van der Waals surface area contributed by atoms with Gasteiger partial charge in [0.1, 0.15) is 11.5 Å². The van der Waals surface area contributed by atoms with E-state index in [1.807, 2.05) is 32.0 Å². The minimum atomic E-state index is -3.51. The number of nitrogens with zero attached hydrogens (tertiary/aromatic N) is 1. The number of hydrogen-bond acceptors (Lipinski definition) is 5. The van der Waals surface area contributed by atoms with E-state index in [4.69, 9.17) is 9.47 Å². The number of rotatable bonds is 8. The topological polar surface area (TPSA) is 84.9 Å². The van der Waals surface area contributed by atoms with Gasteiger partial charge in [-0.2, -0.15) is 0 Å². The van der Waals surface area contributed by atoms with Crippen LogP contribution in [-0.4, -0.2) is 34.8 Å². The van der Waals surface area contributed by atoms with E-state index in [2.05, 4.69) is 5.32 Å². The van der Waals surface area contributed by atoms with E-state index in [9.17, 15) is 13.2 Å². The van der Waals surface area contributed by atoms with Gasteiger partial charge >= 0.3 is 0 Å². The fourth-order valence-corrected chi connectivity index (χ4v) is 4.34. The van der Waals surface area contributed by atoms with E-state index in [0.717, 1.165) is 16.7 Å².